The van der Waals surface area contributed by atoms with Crippen molar-refractivity contribution in [1.29, 1.82) is 0 Å². The summed E-state index contributed by atoms with van der Waals surface area (Å²) in [5.74, 6) is -2.59. The number of primary amides is 1. The highest BCUT2D eigenvalue weighted by atomic mass is 32.2. The molecule has 1 atom stereocenters. The van der Waals surface area contributed by atoms with E-state index in [4.69, 9.17) is 5.73 Å². The summed E-state index contributed by atoms with van der Waals surface area (Å²) in [6.45, 7) is -0.546. The molecule has 1 aliphatic heterocycles. The molecule has 1 saturated heterocycles. The molecule has 0 aromatic heterocycles. The van der Waals surface area contributed by atoms with Crippen molar-refractivity contribution in [3.8, 4) is 0 Å². The summed E-state index contributed by atoms with van der Waals surface area (Å²) in [6, 6.07) is 3.85. The molecular weight excluding hydrogens is 315 g/mol. The number of nitrogens with two attached hydrogens (primary N) is 1. The maximum absolute atomic E-state index is 13.7. The molecule has 0 aliphatic carbocycles. The molecule has 0 saturated carbocycles. The summed E-state index contributed by atoms with van der Waals surface area (Å²) in [6.07, 6.45) is 0.676. The monoisotopic (exact) mass is 330 g/mol. The van der Waals surface area contributed by atoms with Gasteiger partial charge in [-0.05, 0) is 25.0 Å². The highest BCUT2D eigenvalue weighted by Crippen LogP contribution is 2.28. The number of hydrogen-bond donors (Lipinski definition) is 1. The van der Waals surface area contributed by atoms with Gasteiger partial charge < -0.3 is 10.5 Å². The lowest BCUT2D eigenvalue weighted by atomic mass is 10.2. The highest BCUT2D eigenvalue weighted by Gasteiger charge is 2.41. The SMILES string of the molecule is NC(=O)COC(=O)[C@@H]1CCCN1S(=O)(=O)c1ccccc1F. The molecule has 0 spiro atoms. The topological polar surface area (TPSA) is 107 Å². The Kier molecular flexibility index (Phi) is 4.77. The zero-order valence-electron chi connectivity index (χ0n) is 11.6. The quantitative estimate of drug-likeness (QED) is 0.765. The van der Waals surface area contributed by atoms with Crippen LogP contribution in [0, 0.1) is 5.82 Å². The van der Waals surface area contributed by atoms with E-state index in [1.807, 2.05) is 0 Å². The van der Waals surface area contributed by atoms with E-state index in [2.05, 4.69) is 4.74 Å². The van der Waals surface area contributed by atoms with Crippen LogP contribution in [0.15, 0.2) is 29.2 Å². The van der Waals surface area contributed by atoms with Gasteiger partial charge in [-0.25, -0.2) is 12.8 Å². The molecule has 1 fully saturated rings. The lowest BCUT2D eigenvalue weighted by Crippen LogP contribution is -2.42. The molecule has 9 heteroatoms. The minimum absolute atomic E-state index is 0.0764. The van der Waals surface area contributed by atoms with Gasteiger partial charge in [0.2, 0.25) is 10.0 Å². The average molecular weight is 330 g/mol. The first-order valence-corrected chi connectivity index (χ1v) is 7.99. The number of ether oxygens (including phenoxy) is 1. The Balaban J connectivity index is 2.25. The Hall–Kier alpha value is -2.00. The fourth-order valence-electron chi connectivity index (χ4n) is 2.28. The molecule has 0 bridgehead atoms. The predicted molar refractivity (Wildman–Crippen MR) is 73.5 cm³/mol. The molecule has 1 amide bonds. The van der Waals surface area contributed by atoms with Crippen LogP contribution in [0.5, 0.6) is 0 Å². The third-order valence-corrected chi connectivity index (χ3v) is 5.20. The van der Waals surface area contributed by atoms with Gasteiger partial charge in [0.25, 0.3) is 5.91 Å². The Morgan fingerprint density at radius 1 is 1.36 bits per heavy atom. The first kappa shape index (κ1) is 16.4. The number of halogens is 1. The van der Waals surface area contributed by atoms with Crippen LogP contribution in [0.1, 0.15) is 12.8 Å². The van der Waals surface area contributed by atoms with Crippen molar-refractivity contribution < 1.29 is 27.1 Å². The second-order valence-electron chi connectivity index (χ2n) is 4.78. The van der Waals surface area contributed by atoms with Crippen molar-refractivity contribution in [3.63, 3.8) is 0 Å². The second kappa shape index (κ2) is 6.41. The zero-order valence-corrected chi connectivity index (χ0v) is 12.4. The molecule has 2 rings (SSSR count). The fraction of sp³-hybridized carbons (Fsp3) is 0.385. The van der Waals surface area contributed by atoms with Gasteiger partial charge in [-0.3, -0.25) is 9.59 Å². The predicted octanol–water partition coefficient (Wildman–Crippen LogP) is 0.00730. The highest BCUT2D eigenvalue weighted by molar-refractivity contribution is 7.89. The number of hydrogen-bond acceptors (Lipinski definition) is 5. The van der Waals surface area contributed by atoms with Gasteiger partial charge in [-0.1, -0.05) is 12.1 Å². The largest absolute Gasteiger partial charge is 0.454 e. The summed E-state index contributed by atoms with van der Waals surface area (Å²) >= 11 is 0. The Morgan fingerprint density at radius 3 is 2.68 bits per heavy atom. The Bertz CT molecular complexity index is 691. The molecule has 120 valence electrons. The normalized spacial score (nSPS) is 19.0. The molecule has 7 nitrogen and oxygen atoms in total. The molecule has 1 aromatic carbocycles. The van der Waals surface area contributed by atoms with Crippen molar-refractivity contribution >= 4 is 21.9 Å². The van der Waals surface area contributed by atoms with E-state index in [0.29, 0.717) is 6.42 Å². The summed E-state index contributed by atoms with van der Waals surface area (Å²) < 4.78 is 44.3. The van der Waals surface area contributed by atoms with Gasteiger partial charge in [-0.2, -0.15) is 4.31 Å². The van der Waals surface area contributed by atoms with E-state index in [1.54, 1.807) is 0 Å². The molecular formula is C13H15FN2O5S. The summed E-state index contributed by atoms with van der Waals surface area (Å²) in [5.41, 5.74) is 4.87. The molecule has 2 N–H and O–H groups in total. The first-order valence-electron chi connectivity index (χ1n) is 6.55. The van der Waals surface area contributed by atoms with Crippen LogP contribution in [0.25, 0.3) is 0 Å². The van der Waals surface area contributed by atoms with E-state index in [9.17, 15) is 22.4 Å². The second-order valence-corrected chi connectivity index (χ2v) is 6.64. The molecule has 1 aromatic rings. The smallest absolute Gasteiger partial charge is 0.324 e. The number of esters is 1. The van der Waals surface area contributed by atoms with Crippen molar-refractivity contribution in [2.75, 3.05) is 13.2 Å². The standard InChI is InChI=1S/C13H15FN2O5S/c14-9-4-1-2-6-11(9)22(19,20)16-7-3-5-10(16)13(18)21-8-12(15)17/h1-2,4,6,10H,3,5,7-8H2,(H2,15,17)/t10-/m0/s1. The number of sulfonamides is 1. The van der Waals surface area contributed by atoms with Gasteiger partial charge in [-0.15, -0.1) is 0 Å². The number of rotatable bonds is 5. The number of carbonyl (C=O) groups excluding carboxylic acids is 2. The maximum atomic E-state index is 13.7. The van der Waals surface area contributed by atoms with Crippen LogP contribution in [-0.2, 0) is 24.3 Å². The van der Waals surface area contributed by atoms with E-state index < -0.39 is 45.3 Å². The van der Waals surface area contributed by atoms with Crippen LogP contribution in [0.3, 0.4) is 0 Å². The molecule has 1 heterocycles. The van der Waals surface area contributed by atoms with Crippen LogP contribution in [0.2, 0.25) is 0 Å². The summed E-state index contributed by atoms with van der Waals surface area (Å²) in [4.78, 5) is 22.0. The number of amides is 1. The minimum atomic E-state index is -4.16. The minimum Gasteiger partial charge on any atom is -0.454 e. The van der Waals surface area contributed by atoms with Crippen LogP contribution >= 0.6 is 0 Å². The van der Waals surface area contributed by atoms with Crippen LogP contribution in [0.4, 0.5) is 4.39 Å². The summed E-state index contributed by atoms with van der Waals surface area (Å²) in [7, 11) is -4.16. The number of carbonyl (C=O) groups is 2. The van der Waals surface area contributed by atoms with Crippen molar-refractivity contribution in [1.82, 2.24) is 4.31 Å². The van der Waals surface area contributed by atoms with Gasteiger partial charge in [0, 0.05) is 6.54 Å². The molecule has 22 heavy (non-hydrogen) atoms. The Labute approximate surface area is 126 Å². The van der Waals surface area contributed by atoms with Crippen LogP contribution < -0.4 is 5.73 Å². The molecule has 1 aliphatic rings. The van der Waals surface area contributed by atoms with E-state index in [0.717, 1.165) is 16.4 Å². The van der Waals surface area contributed by atoms with Gasteiger partial charge in [0.1, 0.15) is 16.8 Å². The Morgan fingerprint density at radius 2 is 2.05 bits per heavy atom. The molecule has 0 radical (unpaired) electrons. The average Bonchev–Trinajstić information content (AvgIpc) is 2.95. The third kappa shape index (κ3) is 3.25. The van der Waals surface area contributed by atoms with E-state index in [1.165, 1.54) is 12.1 Å². The van der Waals surface area contributed by atoms with Crippen molar-refractivity contribution in [2.45, 2.75) is 23.8 Å². The van der Waals surface area contributed by atoms with Gasteiger partial charge in [0.15, 0.2) is 6.61 Å². The first-order chi connectivity index (χ1) is 10.3. The van der Waals surface area contributed by atoms with E-state index in [-0.39, 0.29) is 13.0 Å². The van der Waals surface area contributed by atoms with Gasteiger partial charge in [0.05, 0.1) is 0 Å². The number of nitrogens with zero attached hydrogens (tertiary/aromatic N) is 1. The fourth-order valence-corrected chi connectivity index (χ4v) is 4.00. The zero-order chi connectivity index (χ0) is 16.3. The lowest BCUT2D eigenvalue weighted by molar-refractivity contribution is -0.151. The van der Waals surface area contributed by atoms with Crippen LogP contribution in [-0.4, -0.2) is 43.8 Å². The number of benzene rings is 1. The summed E-state index contributed by atoms with van der Waals surface area (Å²) in [5, 5.41) is 0. The third-order valence-electron chi connectivity index (χ3n) is 3.26. The molecule has 0 unspecified atom stereocenters. The van der Waals surface area contributed by atoms with Crippen molar-refractivity contribution in [2.24, 2.45) is 5.73 Å². The maximum Gasteiger partial charge on any atom is 0.324 e. The lowest BCUT2D eigenvalue weighted by Gasteiger charge is -2.22. The van der Waals surface area contributed by atoms with Crippen molar-refractivity contribution in [3.05, 3.63) is 30.1 Å². The van der Waals surface area contributed by atoms with Gasteiger partial charge >= 0.3 is 5.97 Å². The van der Waals surface area contributed by atoms with E-state index >= 15 is 0 Å².